The highest BCUT2D eigenvalue weighted by atomic mass is 16.5. The van der Waals surface area contributed by atoms with Gasteiger partial charge in [0.25, 0.3) is 0 Å². The Labute approximate surface area is 55.8 Å². The predicted octanol–water partition coefficient (Wildman–Crippen LogP) is 0.383. The Morgan fingerprint density at radius 2 is 2.62 bits per heavy atom. The molecule has 0 aromatic rings. The molecular formula is C6H13NO. The highest BCUT2D eigenvalue weighted by Gasteiger charge is 2.12. The van der Waals surface area contributed by atoms with E-state index in [1.807, 2.05) is 0 Å². The normalized spacial score (nSPS) is 71.8. The summed E-state index contributed by atoms with van der Waals surface area (Å²) >= 11 is 0. The van der Waals surface area contributed by atoms with Crippen LogP contribution in [0.15, 0.2) is 0 Å². The number of nitrogens with one attached hydrogen (secondary N) is 1. The van der Waals surface area contributed by atoms with Crippen molar-refractivity contribution in [1.29, 1.82) is 0 Å². The lowest BCUT2D eigenvalue weighted by molar-refractivity contribution is -0.0166. The molecule has 2 heteroatoms. The summed E-state index contributed by atoms with van der Waals surface area (Å²) in [5.41, 5.74) is 0. The molecular weight excluding hydrogens is 102 g/mol. The zero-order valence-electron chi connectivity index (χ0n) is 9.06. The van der Waals surface area contributed by atoms with Crippen LogP contribution >= 0.6 is 0 Å². The van der Waals surface area contributed by atoms with Crippen molar-refractivity contribution in [2.24, 2.45) is 0 Å². The third-order valence-electron chi connectivity index (χ3n) is 0.929. The Hall–Kier alpha value is -0.0800. The number of hydrogen-bond donors (Lipinski definition) is 1. The number of hydrogen-bond acceptors (Lipinski definition) is 2. The second-order valence-corrected chi connectivity index (χ2v) is 1.82. The Kier molecular flexibility index (Phi) is 0.822. The monoisotopic (exact) mass is 119 g/mol. The summed E-state index contributed by atoms with van der Waals surface area (Å²) in [5.74, 6) is 0. The third kappa shape index (κ3) is 1.46. The molecule has 8 heavy (non-hydrogen) atoms. The van der Waals surface area contributed by atoms with E-state index in [1.54, 1.807) is 6.92 Å². The molecule has 1 saturated heterocycles. The number of rotatable bonds is 0. The highest BCUT2D eigenvalue weighted by Crippen LogP contribution is 2.00. The van der Waals surface area contributed by atoms with Crippen LogP contribution in [0.25, 0.3) is 0 Å². The van der Waals surface area contributed by atoms with Crippen molar-refractivity contribution < 1.29 is 10.2 Å². The van der Waals surface area contributed by atoms with E-state index in [9.17, 15) is 0 Å². The minimum atomic E-state index is -1.97. The molecule has 1 N–H and O–H groups in total. The highest BCUT2D eigenvalue weighted by molar-refractivity contribution is 4.66. The fraction of sp³-hybridized carbons (Fsp3) is 1.00. The van der Waals surface area contributed by atoms with Crippen LogP contribution in [0.5, 0.6) is 0 Å². The zero-order chi connectivity index (χ0) is 9.57. The molecule has 1 heterocycles. The first kappa shape index (κ1) is 2.67. The lowest BCUT2D eigenvalue weighted by Gasteiger charge is -2.25. The maximum absolute atomic E-state index is 7.51. The van der Waals surface area contributed by atoms with Gasteiger partial charge in [-0.05, 0) is 13.8 Å². The Bertz CT molecular complexity index is 164. The van der Waals surface area contributed by atoms with E-state index in [0.29, 0.717) is 0 Å². The van der Waals surface area contributed by atoms with Crippen LogP contribution in [0.2, 0.25) is 0 Å². The second-order valence-electron chi connectivity index (χ2n) is 1.82. The van der Waals surface area contributed by atoms with Crippen LogP contribution < -0.4 is 5.32 Å². The van der Waals surface area contributed by atoms with Crippen LogP contribution in [0.1, 0.15) is 19.3 Å². The molecule has 0 spiro atoms. The van der Waals surface area contributed by atoms with E-state index >= 15 is 0 Å². The van der Waals surface area contributed by atoms with Gasteiger partial charge in [-0.25, -0.2) is 0 Å². The number of morpholine rings is 1. The Balaban J connectivity index is 2.80. The van der Waals surface area contributed by atoms with E-state index < -0.39 is 25.2 Å². The van der Waals surface area contributed by atoms with E-state index in [1.165, 1.54) is 6.92 Å². The lowest BCUT2D eigenvalue weighted by atomic mass is 10.3. The first-order valence-corrected chi connectivity index (χ1v) is 2.64. The Morgan fingerprint density at radius 3 is 3.25 bits per heavy atom. The topological polar surface area (TPSA) is 21.3 Å². The summed E-state index contributed by atoms with van der Waals surface area (Å²) in [6.45, 7) is 0.222. The van der Waals surface area contributed by atoms with Crippen molar-refractivity contribution in [3.63, 3.8) is 0 Å². The zero-order valence-corrected chi connectivity index (χ0v) is 5.06. The van der Waals surface area contributed by atoms with E-state index in [4.69, 9.17) is 10.2 Å². The molecule has 2 nitrogen and oxygen atoms in total. The molecule has 3 atom stereocenters. The van der Waals surface area contributed by atoms with Crippen molar-refractivity contribution in [1.82, 2.24) is 5.32 Å². The summed E-state index contributed by atoms with van der Waals surface area (Å²) in [7, 11) is 0. The molecule has 1 aliphatic rings. The summed E-state index contributed by atoms with van der Waals surface area (Å²) in [6.07, 6.45) is -2.08. The maximum Gasteiger partial charge on any atom is 0.0675 e. The molecule has 1 fully saturated rings. The molecule has 0 radical (unpaired) electrons. The van der Waals surface area contributed by atoms with E-state index in [0.717, 1.165) is 0 Å². The Morgan fingerprint density at radius 1 is 1.88 bits per heavy atom. The molecule has 1 rings (SSSR count). The minimum absolute atomic E-state index is 0.462. The van der Waals surface area contributed by atoms with Crippen LogP contribution in [0, 0.1) is 0 Å². The van der Waals surface area contributed by atoms with Crippen LogP contribution in [0.3, 0.4) is 0 Å². The van der Waals surface area contributed by atoms with E-state index in [2.05, 4.69) is 5.32 Å². The van der Waals surface area contributed by atoms with Crippen LogP contribution in [-0.2, 0) is 4.74 Å². The molecule has 3 unspecified atom stereocenters. The smallest absolute Gasteiger partial charge is 0.0675 e. The van der Waals surface area contributed by atoms with Gasteiger partial charge in [0.15, 0.2) is 0 Å². The lowest BCUT2D eigenvalue weighted by Crippen LogP contribution is -2.41. The average Bonchev–Trinajstić information content (AvgIpc) is 1.82. The van der Waals surface area contributed by atoms with Gasteiger partial charge in [0.05, 0.1) is 13.6 Å². The van der Waals surface area contributed by atoms with Gasteiger partial charge in [0.1, 0.15) is 0 Å². The second kappa shape index (κ2) is 2.46. The standard InChI is InChI=1S/C6H13NO/c1-5-3-7-4-6(2)8-5/h5-7H,3-4H2,1-2H3/i3D,4D2,6D. The summed E-state index contributed by atoms with van der Waals surface area (Å²) in [4.78, 5) is 0. The van der Waals surface area contributed by atoms with Crippen molar-refractivity contribution >= 4 is 0 Å². The van der Waals surface area contributed by atoms with Gasteiger partial charge in [-0.1, -0.05) is 0 Å². The summed E-state index contributed by atoms with van der Waals surface area (Å²) in [6, 6.07) is 0. The molecule has 48 valence electrons. The summed E-state index contributed by atoms with van der Waals surface area (Å²) in [5, 5.41) is 2.38. The van der Waals surface area contributed by atoms with Crippen molar-refractivity contribution in [2.75, 3.05) is 13.0 Å². The molecule has 1 aliphatic heterocycles. The van der Waals surface area contributed by atoms with Gasteiger partial charge < -0.3 is 10.1 Å². The van der Waals surface area contributed by atoms with Gasteiger partial charge in [0.2, 0.25) is 0 Å². The maximum atomic E-state index is 7.51. The van der Waals surface area contributed by atoms with E-state index in [-0.39, 0.29) is 0 Å². The molecule has 0 aromatic heterocycles. The van der Waals surface area contributed by atoms with Gasteiger partial charge in [0, 0.05) is 17.1 Å². The van der Waals surface area contributed by atoms with Gasteiger partial charge in [-0.15, -0.1) is 0 Å². The van der Waals surface area contributed by atoms with Crippen molar-refractivity contribution in [3.05, 3.63) is 0 Å². The van der Waals surface area contributed by atoms with Crippen LogP contribution in [0.4, 0.5) is 0 Å². The first-order valence-electron chi connectivity index (χ1n) is 4.72. The quantitative estimate of drug-likeness (QED) is 0.498. The largest absolute Gasteiger partial charge is 0.373 e. The molecule has 0 saturated carbocycles. The summed E-state index contributed by atoms with van der Waals surface area (Å²) < 4.78 is 34.6. The SMILES string of the molecule is [2H]C1NC([2H])([2H])C([2H])(C)OC1C. The predicted molar refractivity (Wildman–Crippen MR) is 32.9 cm³/mol. The fourth-order valence-electron chi connectivity index (χ4n) is 0.603. The van der Waals surface area contributed by atoms with Gasteiger partial charge in [-0.2, -0.15) is 0 Å². The molecule has 0 aromatic carbocycles. The van der Waals surface area contributed by atoms with Crippen LogP contribution in [-0.4, -0.2) is 25.2 Å². The number of ether oxygens (including phenoxy) is 1. The first-order chi connectivity index (χ1) is 5.26. The average molecular weight is 119 g/mol. The minimum Gasteiger partial charge on any atom is -0.373 e. The van der Waals surface area contributed by atoms with Crippen molar-refractivity contribution in [3.8, 4) is 0 Å². The molecule has 0 bridgehead atoms. The van der Waals surface area contributed by atoms with Crippen molar-refractivity contribution in [2.45, 2.75) is 26.0 Å². The molecule has 0 amide bonds. The molecule has 0 aliphatic carbocycles. The van der Waals surface area contributed by atoms with Gasteiger partial charge >= 0.3 is 0 Å². The fourth-order valence-corrected chi connectivity index (χ4v) is 0.603. The van der Waals surface area contributed by atoms with Gasteiger partial charge in [-0.3, -0.25) is 0 Å². The third-order valence-corrected chi connectivity index (χ3v) is 0.929.